The highest BCUT2D eigenvalue weighted by atomic mass is 35.5. The third kappa shape index (κ3) is 5.05. The number of rotatable bonds is 6. The first-order chi connectivity index (χ1) is 12.1. The molecule has 1 aromatic heterocycles. The van der Waals surface area contributed by atoms with Gasteiger partial charge in [0.15, 0.2) is 0 Å². The van der Waals surface area contributed by atoms with Crippen molar-refractivity contribution in [3.8, 4) is 0 Å². The lowest BCUT2D eigenvalue weighted by molar-refractivity contribution is 0.627. The molecule has 0 atom stereocenters. The highest BCUT2D eigenvalue weighted by Crippen LogP contribution is 2.26. The van der Waals surface area contributed by atoms with Gasteiger partial charge in [0.05, 0.1) is 10.0 Å². The van der Waals surface area contributed by atoms with E-state index in [2.05, 4.69) is 20.6 Å². The van der Waals surface area contributed by atoms with Crippen molar-refractivity contribution in [3.05, 3.63) is 76.2 Å². The van der Waals surface area contributed by atoms with Gasteiger partial charge < -0.3 is 10.6 Å². The van der Waals surface area contributed by atoms with E-state index in [0.29, 0.717) is 28.4 Å². The fourth-order valence-electron chi connectivity index (χ4n) is 2.21. The van der Waals surface area contributed by atoms with Crippen LogP contribution in [0.25, 0.3) is 0 Å². The van der Waals surface area contributed by atoms with Crippen LogP contribution in [-0.2, 0) is 6.42 Å². The summed E-state index contributed by atoms with van der Waals surface area (Å²) >= 11 is 11.9. The summed E-state index contributed by atoms with van der Waals surface area (Å²) in [5, 5.41) is 7.25. The molecule has 0 unspecified atom stereocenters. The van der Waals surface area contributed by atoms with Crippen LogP contribution in [0.1, 0.15) is 5.56 Å². The fourth-order valence-corrected chi connectivity index (χ4v) is 2.50. The summed E-state index contributed by atoms with van der Waals surface area (Å²) in [5.41, 5.74) is 1.80. The Morgan fingerprint density at radius 1 is 0.960 bits per heavy atom. The lowest BCUT2D eigenvalue weighted by atomic mass is 10.1. The SMILES string of the molecule is Fc1ccc(CCNc2ccnc(Nc3ccc(Cl)c(Cl)c3)n2)cc1. The van der Waals surface area contributed by atoms with Crippen molar-refractivity contribution in [2.45, 2.75) is 6.42 Å². The summed E-state index contributed by atoms with van der Waals surface area (Å²) in [5.74, 6) is 0.912. The molecule has 0 aliphatic heterocycles. The lowest BCUT2D eigenvalue weighted by Gasteiger charge is -2.09. The van der Waals surface area contributed by atoms with Gasteiger partial charge >= 0.3 is 0 Å². The van der Waals surface area contributed by atoms with Gasteiger partial charge in [-0.15, -0.1) is 0 Å². The second-order valence-electron chi connectivity index (χ2n) is 5.32. The first-order valence-corrected chi connectivity index (χ1v) is 8.39. The summed E-state index contributed by atoms with van der Waals surface area (Å²) in [6.45, 7) is 0.675. The quantitative estimate of drug-likeness (QED) is 0.610. The number of nitrogens with one attached hydrogen (secondary N) is 2. The molecule has 0 spiro atoms. The zero-order valence-electron chi connectivity index (χ0n) is 13.1. The van der Waals surface area contributed by atoms with Crippen molar-refractivity contribution in [2.75, 3.05) is 17.2 Å². The van der Waals surface area contributed by atoms with Crippen LogP contribution in [0.2, 0.25) is 10.0 Å². The van der Waals surface area contributed by atoms with E-state index in [0.717, 1.165) is 17.7 Å². The monoisotopic (exact) mass is 376 g/mol. The van der Waals surface area contributed by atoms with Crippen molar-refractivity contribution < 1.29 is 4.39 Å². The first-order valence-electron chi connectivity index (χ1n) is 7.63. The van der Waals surface area contributed by atoms with E-state index in [4.69, 9.17) is 23.2 Å². The number of anilines is 3. The Labute approximate surface area is 155 Å². The smallest absolute Gasteiger partial charge is 0.229 e. The molecule has 3 aromatic rings. The topological polar surface area (TPSA) is 49.8 Å². The Morgan fingerprint density at radius 3 is 2.52 bits per heavy atom. The molecule has 4 nitrogen and oxygen atoms in total. The lowest BCUT2D eigenvalue weighted by Crippen LogP contribution is -2.07. The molecule has 3 rings (SSSR count). The van der Waals surface area contributed by atoms with Gasteiger partial charge in [-0.1, -0.05) is 35.3 Å². The Morgan fingerprint density at radius 2 is 1.76 bits per heavy atom. The summed E-state index contributed by atoms with van der Waals surface area (Å²) in [4.78, 5) is 8.58. The van der Waals surface area contributed by atoms with Crippen LogP contribution >= 0.6 is 23.2 Å². The van der Waals surface area contributed by atoms with E-state index >= 15 is 0 Å². The number of nitrogens with zero attached hydrogens (tertiary/aromatic N) is 2. The molecule has 0 fully saturated rings. The third-order valence-corrected chi connectivity index (χ3v) is 4.20. The van der Waals surface area contributed by atoms with Crippen molar-refractivity contribution in [1.29, 1.82) is 0 Å². The molecule has 1 heterocycles. The van der Waals surface area contributed by atoms with Crippen LogP contribution in [0.15, 0.2) is 54.7 Å². The zero-order chi connectivity index (χ0) is 17.6. The number of benzene rings is 2. The van der Waals surface area contributed by atoms with Crippen LogP contribution in [-0.4, -0.2) is 16.5 Å². The maximum atomic E-state index is 12.9. The van der Waals surface area contributed by atoms with E-state index < -0.39 is 0 Å². The molecule has 2 aromatic carbocycles. The Kier molecular flexibility index (Phi) is 5.68. The molecule has 0 aliphatic rings. The predicted molar refractivity (Wildman–Crippen MR) is 100 cm³/mol. The Bertz CT molecular complexity index is 856. The average Bonchev–Trinajstić information content (AvgIpc) is 2.60. The Balaban J connectivity index is 1.59. The minimum absolute atomic E-state index is 0.231. The number of hydrogen-bond acceptors (Lipinski definition) is 4. The normalized spacial score (nSPS) is 10.5. The molecule has 7 heteroatoms. The van der Waals surface area contributed by atoms with Crippen LogP contribution < -0.4 is 10.6 Å². The molecule has 25 heavy (non-hydrogen) atoms. The summed E-state index contributed by atoms with van der Waals surface area (Å²) in [7, 11) is 0. The summed E-state index contributed by atoms with van der Waals surface area (Å²) in [6.07, 6.45) is 2.42. The van der Waals surface area contributed by atoms with Crippen molar-refractivity contribution in [1.82, 2.24) is 9.97 Å². The molecule has 0 bridgehead atoms. The summed E-state index contributed by atoms with van der Waals surface area (Å²) < 4.78 is 12.9. The largest absolute Gasteiger partial charge is 0.370 e. The molecule has 0 amide bonds. The van der Waals surface area contributed by atoms with Crippen molar-refractivity contribution in [2.24, 2.45) is 0 Å². The average molecular weight is 377 g/mol. The molecule has 0 saturated heterocycles. The molecule has 0 saturated carbocycles. The van der Waals surface area contributed by atoms with Crippen molar-refractivity contribution in [3.63, 3.8) is 0 Å². The summed E-state index contributed by atoms with van der Waals surface area (Å²) in [6, 6.07) is 13.5. The van der Waals surface area contributed by atoms with Crippen LogP contribution in [0.5, 0.6) is 0 Å². The van der Waals surface area contributed by atoms with Gasteiger partial charge in [-0.2, -0.15) is 4.98 Å². The maximum absolute atomic E-state index is 12.9. The van der Waals surface area contributed by atoms with Gasteiger partial charge in [-0.3, -0.25) is 0 Å². The van der Waals surface area contributed by atoms with Crippen molar-refractivity contribution >= 4 is 40.7 Å². The predicted octanol–water partition coefficient (Wildman–Crippen LogP) is 5.32. The standard InChI is InChI=1S/C18H15Cl2FN4/c19-15-6-5-14(11-16(15)20)24-18-23-10-8-17(25-18)22-9-7-12-1-3-13(21)4-2-12/h1-6,8,10-11H,7,9H2,(H2,22,23,24,25). The van der Waals surface area contributed by atoms with Gasteiger partial charge in [0.25, 0.3) is 0 Å². The minimum Gasteiger partial charge on any atom is -0.370 e. The molecule has 0 radical (unpaired) electrons. The highest BCUT2D eigenvalue weighted by Gasteiger charge is 2.03. The second-order valence-corrected chi connectivity index (χ2v) is 6.14. The van der Waals surface area contributed by atoms with E-state index in [1.54, 1.807) is 42.6 Å². The van der Waals surface area contributed by atoms with E-state index in [9.17, 15) is 4.39 Å². The maximum Gasteiger partial charge on any atom is 0.229 e. The molecule has 128 valence electrons. The van der Waals surface area contributed by atoms with E-state index in [-0.39, 0.29) is 5.82 Å². The van der Waals surface area contributed by atoms with Gasteiger partial charge in [-0.25, -0.2) is 9.37 Å². The number of halogens is 3. The van der Waals surface area contributed by atoms with Crippen LogP contribution in [0, 0.1) is 5.82 Å². The van der Waals surface area contributed by atoms with E-state index in [1.807, 2.05) is 0 Å². The fraction of sp³-hybridized carbons (Fsp3) is 0.111. The van der Waals surface area contributed by atoms with Gasteiger partial charge in [-0.05, 0) is 48.4 Å². The second kappa shape index (κ2) is 8.14. The van der Waals surface area contributed by atoms with Gasteiger partial charge in [0.2, 0.25) is 5.95 Å². The van der Waals surface area contributed by atoms with Crippen LogP contribution in [0.4, 0.5) is 21.8 Å². The minimum atomic E-state index is -0.231. The number of hydrogen-bond donors (Lipinski definition) is 2. The Hall–Kier alpha value is -2.37. The number of aromatic nitrogens is 2. The molecular formula is C18H15Cl2FN4. The molecular weight excluding hydrogens is 362 g/mol. The van der Waals surface area contributed by atoms with Gasteiger partial charge in [0, 0.05) is 18.4 Å². The highest BCUT2D eigenvalue weighted by molar-refractivity contribution is 6.42. The van der Waals surface area contributed by atoms with Crippen LogP contribution in [0.3, 0.4) is 0 Å². The first kappa shape index (κ1) is 17.5. The zero-order valence-corrected chi connectivity index (χ0v) is 14.7. The molecule has 0 aliphatic carbocycles. The van der Waals surface area contributed by atoms with E-state index in [1.165, 1.54) is 12.1 Å². The van der Waals surface area contributed by atoms with Gasteiger partial charge in [0.1, 0.15) is 11.6 Å². The molecule has 2 N–H and O–H groups in total. The third-order valence-electron chi connectivity index (χ3n) is 3.46.